The van der Waals surface area contributed by atoms with Crippen LogP contribution in [-0.2, 0) is 16.1 Å². The van der Waals surface area contributed by atoms with Crippen LogP contribution < -0.4 is 5.32 Å². The largest absolute Gasteiger partial charge is 0.464 e. The Labute approximate surface area is 216 Å². The van der Waals surface area contributed by atoms with Crippen molar-refractivity contribution in [3.05, 3.63) is 108 Å². The summed E-state index contributed by atoms with van der Waals surface area (Å²) in [6.07, 6.45) is 1.87. The number of carbonyl (C=O) groups excluding carboxylic acids is 2. The Hall–Kier alpha value is -4.10. The Bertz CT molecular complexity index is 1320. The number of hydrogen-bond donors (Lipinski definition) is 2. The highest BCUT2D eigenvalue weighted by Gasteiger charge is 2.35. The van der Waals surface area contributed by atoms with Gasteiger partial charge in [-0.3, -0.25) is 9.59 Å². The number of benzene rings is 2. The second-order valence-corrected chi connectivity index (χ2v) is 9.30. The fourth-order valence-corrected chi connectivity index (χ4v) is 4.66. The van der Waals surface area contributed by atoms with Crippen molar-refractivity contribution in [1.82, 2.24) is 15.2 Å². The lowest BCUT2D eigenvalue weighted by Gasteiger charge is -2.30. The first-order valence-electron chi connectivity index (χ1n) is 12.6. The van der Waals surface area contributed by atoms with E-state index < -0.39 is 6.04 Å². The van der Waals surface area contributed by atoms with Crippen molar-refractivity contribution in [1.29, 1.82) is 0 Å². The molecule has 4 aromatic rings. The summed E-state index contributed by atoms with van der Waals surface area (Å²) in [5, 5.41) is 3.01. The topological polar surface area (TPSA) is 87.6 Å². The average Bonchev–Trinajstić information content (AvgIpc) is 3.71. The SMILES string of the molecule is Cc1ccc([C@H](C(=O)NC[C@H]2CCCO2)N(Cc2ccccc2)C(=O)c2ccc(-c3ccccc3)[nH]2)o1. The molecule has 190 valence electrons. The lowest BCUT2D eigenvalue weighted by atomic mass is 10.1. The van der Waals surface area contributed by atoms with Gasteiger partial charge >= 0.3 is 0 Å². The summed E-state index contributed by atoms with van der Waals surface area (Å²) < 4.78 is 11.6. The third-order valence-electron chi connectivity index (χ3n) is 6.58. The van der Waals surface area contributed by atoms with E-state index in [1.165, 1.54) is 0 Å². The van der Waals surface area contributed by atoms with E-state index >= 15 is 0 Å². The number of H-pyrrole nitrogens is 1. The van der Waals surface area contributed by atoms with E-state index in [0.29, 0.717) is 30.4 Å². The third-order valence-corrected chi connectivity index (χ3v) is 6.58. The Morgan fingerprint density at radius 2 is 1.76 bits per heavy atom. The average molecular weight is 498 g/mol. The number of rotatable bonds is 9. The van der Waals surface area contributed by atoms with Gasteiger partial charge in [-0.25, -0.2) is 0 Å². The molecule has 0 bridgehead atoms. The minimum atomic E-state index is -0.953. The maximum Gasteiger partial charge on any atom is 0.271 e. The predicted molar refractivity (Wildman–Crippen MR) is 141 cm³/mol. The number of nitrogens with one attached hydrogen (secondary N) is 2. The number of aromatic amines is 1. The first kappa shape index (κ1) is 24.6. The molecule has 3 heterocycles. The molecule has 7 nitrogen and oxygen atoms in total. The standard InChI is InChI=1S/C30H31N3O4/c1-21-14-17-27(37-21)28(29(34)31-19-24-13-8-18-36-24)33(20-22-9-4-2-5-10-22)30(35)26-16-15-25(32-26)23-11-6-3-7-12-23/h2-7,9-12,14-17,24,28,32H,8,13,18-20H2,1H3,(H,31,34)/t24-,28-/m1/s1. The molecule has 2 aromatic heterocycles. The lowest BCUT2D eigenvalue weighted by molar-refractivity contribution is -0.127. The van der Waals surface area contributed by atoms with Gasteiger partial charge in [-0.1, -0.05) is 60.7 Å². The van der Waals surface area contributed by atoms with Crippen LogP contribution in [0.3, 0.4) is 0 Å². The molecule has 0 aliphatic carbocycles. The molecular weight excluding hydrogens is 466 g/mol. The Kier molecular flexibility index (Phi) is 7.51. The molecule has 2 atom stereocenters. The highest BCUT2D eigenvalue weighted by Crippen LogP contribution is 2.28. The summed E-state index contributed by atoms with van der Waals surface area (Å²) in [4.78, 5) is 32.5. The van der Waals surface area contributed by atoms with Crippen LogP contribution in [0.5, 0.6) is 0 Å². The molecule has 1 fully saturated rings. The Morgan fingerprint density at radius 1 is 1.00 bits per heavy atom. The molecule has 0 radical (unpaired) electrons. The third kappa shape index (κ3) is 5.84. The van der Waals surface area contributed by atoms with Crippen molar-refractivity contribution >= 4 is 11.8 Å². The smallest absolute Gasteiger partial charge is 0.271 e. The van der Waals surface area contributed by atoms with Gasteiger partial charge in [-0.05, 0) is 55.2 Å². The zero-order chi connectivity index (χ0) is 25.6. The van der Waals surface area contributed by atoms with Crippen molar-refractivity contribution < 1.29 is 18.7 Å². The minimum absolute atomic E-state index is 0.0157. The van der Waals surface area contributed by atoms with E-state index in [4.69, 9.17) is 9.15 Å². The first-order chi connectivity index (χ1) is 18.1. The first-order valence-corrected chi connectivity index (χ1v) is 12.6. The highest BCUT2D eigenvalue weighted by molar-refractivity contribution is 5.97. The van der Waals surface area contributed by atoms with Gasteiger partial charge in [0.2, 0.25) is 0 Å². The van der Waals surface area contributed by atoms with Crippen molar-refractivity contribution in [3.8, 4) is 11.3 Å². The van der Waals surface area contributed by atoms with Gasteiger partial charge in [0.05, 0.1) is 6.10 Å². The second kappa shape index (κ2) is 11.3. The van der Waals surface area contributed by atoms with Crippen LogP contribution in [0, 0.1) is 6.92 Å². The van der Waals surface area contributed by atoms with E-state index in [0.717, 1.165) is 29.7 Å². The predicted octanol–water partition coefficient (Wildman–Crippen LogP) is 5.26. The van der Waals surface area contributed by atoms with Crippen molar-refractivity contribution in [2.24, 2.45) is 0 Å². The second-order valence-electron chi connectivity index (χ2n) is 9.30. The molecule has 1 saturated heterocycles. The van der Waals surface area contributed by atoms with Gasteiger partial charge in [0.1, 0.15) is 17.2 Å². The molecular formula is C30H31N3O4. The molecule has 0 unspecified atom stereocenters. The minimum Gasteiger partial charge on any atom is -0.464 e. The van der Waals surface area contributed by atoms with Crippen molar-refractivity contribution in [2.45, 2.75) is 38.5 Å². The van der Waals surface area contributed by atoms with Gasteiger partial charge in [-0.15, -0.1) is 0 Å². The number of hydrogen-bond acceptors (Lipinski definition) is 4. The Morgan fingerprint density at radius 3 is 2.43 bits per heavy atom. The maximum absolute atomic E-state index is 14.0. The lowest BCUT2D eigenvalue weighted by Crippen LogP contribution is -2.45. The van der Waals surface area contributed by atoms with E-state index in [9.17, 15) is 9.59 Å². The molecule has 0 saturated carbocycles. The van der Waals surface area contributed by atoms with E-state index in [2.05, 4.69) is 10.3 Å². The fraction of sp³-hybridized carbons (Fsp3) is 0.267. The van der Waals surface area contributed by atoms with E-state index in [-0.39, 0.29) is 24.5 Å². The molecule has 2 amide bonds. The van der Waals surface area contributed by atoms with Gasteiger partial charge in [0.15, 0.2) is 6.04 Å². The van der Waals surface area contributed by atoms with Gasteiger partial charge < -0.3 is 24.4 Å². The van der Waals surface area contributed by atoms with Crippen LogP contribution in [0.25, 0.3) is 11.3 Å². The number of ether oxygens (including phenoxy) is 1. The number of nitrogens with zero attached hydrogens (tertiary/aromatic N) is 1. The van der Waals surface area contributed by atoms with Crippen molar-refractivity contribution in [3.63, 3.8) is 0 Å². The number of aryl methyl sites for hydroxylation is 1. The molecule has 5 rings (SSSR count). The summed E-state index contributed by atoms with van der Waals surface area (Å²) in [6, 6.07) is 25.7. The summed E-state index contributed by atoms with van der Waals surface area (Å²) in [6.45, 7) is 3.15. The zero-order valence-corrected chi connectivity index (χ0v) is 20.9. The highest BCUT2D eigenvalue weighted by atomic mass is 16.5. The van der Waals surface area contributed by atoms with Gasteiger partial charge in [0, 0.05) is 25.4 Å². The summed E-state index contributed by atoms with van der Waals surface area (Å²) in [5.41, 5.74) is 3.11. The monoisotopic (exact) mass is 497 g/mol. The van der Waals surface area contributed by atoms with Crippen LogP contribution in [0.2, 0.25) is 0 Å². The quantitative estimate of drug-likeness (QED) is 0.330. The summed E-state index contributed by atoms with van der Waals surface area (Å²) >= 11 is 0. The van der Waals surface area contributed by atoms with Gasteiger partial charge in [0.25, 0.3) is 11.8 Å². The summed E-state index contributed by atoms with van der Waals surface area (Å²) in [7, 11) is 0. The van der Waals surface area contributed by atoms with Crippen LogP contribution in [0.15, 0.2) is 89.3 Å². The molecule has 7 heteroatoms. The Balaban J connectivity index is 1.48. The molecule has 2 N–H and O–H groups in total. The van der Waals surface area contributed by atoms with Gasteiger partial charge in [-0.2, -0.15) is 0 Å². The number of furan rings is 1. The normalized spacial score (nSPS) is 15.9. The van der Waals surface area contributed by atoms with Crippen LogP contribution in [0.1, 0.15) is 46.5 Å². The van der Waals surface area contributed by atoms with E-state index in [1.54, 1.807) is 17.0 Å². The molecule has 2 aromatic carbocycles. The van der Waals surface area contributed by atoms with Crippen molar-refractivity contribution in [2.75, 3.05) is 13.2 Å². The number of carbonyl (C=O) groups is 2. The van der Waals surface area contributed by atoms with Crippen LogP contribution in [-0.4, -0.2) is 41.0 Å². The summed E-state index contributed by atoms with van der Waals surface area (Å²) in [5.74, 6) is 0.494. The molecule has 0 spiro atoms. The van der Waals surface area contributed by atoms with E-state index in [1.807, 2.05) is 79.7 Å². The molecule has 37 heavy (non-hydrogen) atoms. The van der Waals surface area contributed by atoms with Crippen LogP contribution in [0.4, 0.5) is 0 Å². The van der Waals surface area contributed by atoms with Crippen LogP contribution >= 0.6 is 0 Å². The molecule has 1 aliphatic rings. The number of amides is 2. The molecule has 1 aliphatic heterocycles. The zero-order valence-electron chi connectivity index (χ0n) is 20.9. The maximum atomic E-state index is 14.0. The fourth-order valence-electron chi connectivity index (χ4n) is 4.66. The number of aromatic nitrogens is 1.